The van der Waals surface area contributed by atoms with Crippen LogP contribution in [0.15, 0.2) is 40.2 Å². The van der Waals surface area contributed by atoms with Crippen LogP contribution in [0.4, 0.5) is 11.6 Å². The van der Waals surface area contributed by atoms with Crippen molar-refractivity contribution < 1.29 is 78.3 Å². The molecule has 1 aromatic carbocycles. The van der Waals surface area contributed by atoms with Gasteiger partial charge in [0.05, 0.1) is 67.5 Å². The van der Waals surface area contributed by atoms with Crippen molar-refractivity contribution in [2.75, 3.05) is 17.6 Å². The zero-order valence-corrected chi connectivity index (χ0v) is 48.3. The summed E-state index contributed by atoms with van der Waals surface area (Å²) in [6, 6.07) is 0.563. The summed E-state index contributed by atoms with van der Waals surface area (Å²) < 4.78 is 0. The average molecular weight is 1240 g/mol. The number of carbonyl (C=O) groups excluding carboxylic acids is 6. The minimum absolute atomic E-state index is 0. The van der Waals surface area contributed by atoms with Crippen molar-refractivity contribution in [3.63, 3.8) is 0 Å². The van der Waals surface area contributed by atoms with Crippen molar-refractivity contribution >= 4 is 175 Å². The van der Waals surface area contributed by atoms with Gasteiger partial charge in [-0.2, -0.15) is 86.0 Å². The Morgan fingerprint density at radius 1 is 0.662 bits per heavy atom. The number of aliphatic imine (C=N–C) groups is 1. The van der Waals surface area contributed by atoms with Gasteiger partial charge >= 0.3 is 29.8 Å². The minimum Gasteiger partial charge on any atom is -0.481 e. The van der Waals surface area contributed by atoms with Crippen LogP contribution in [-0.2, 0) is 54.5 Å². The van der Waals surface area contributed by atoms with Crippen LogP contribution in [-0.4, -0.2) is 141 Å². The molecule has 0 aliphatic rings. The van der Waals surface area contributed by atoms with Gasteiger partial charge < -0.3 is 64.0 Å². The number of aromatic amines is 1. The highest BCUT2D eigenvalue weighted by atomic mass is 32.1. The lowest BCUT2D eigenvalue weighted by Gasteiger charge is -2.24. The Bertz CT molecular complexity index is 2780. The molecule has 80 heavy (non-hydrogen) atoms. The molecular formula is C45H66N12O17S6. The number of carboxylic acid groups (broad SMARTS) is 5. The number of nitrogens with zero attached hydrogens (tertiary/aromatic N) is 4. The van der Waals surface area contributed by atoms with E-state index in [4.69, 9.17) is 23.6 Å². The first-order valence-corrected chi connectivity index (χ1v) is 22.3. The number of amides is 3. The zero-order chi connectivity index (χ0) is 55.2. The average Bonchev–Trinajstić information content (AvgIpc) is 3.31. The van der Waals surface area contributed by atoms with Gasteiger partial charge in [-0.15, -0.1) is 12.3 Å². The second-order valence-electron chi connectivity index (χ2n) is 16.6. The molecule has 16 N–H and O–H groups in total. The number of H-pyrrole nitrogens is 1. The number of Topliss-reactive ketones (excluding diaryl/α,β-unsaturated/α-hetero) is 3. The summed E-state index contributed by atoms with van der Waals surface area (Å²) in [6.45, 7) is -0.0291. The summed E-state index contributed by atoms with van der Waals surface area (Å²) in [5, 5.41) is 57.7. The van der Waals surface area contributed by atoms with Crippen molar-refractivity contribution in [2.45, 2.75) is 95.3 Å². The number of carbonyl (C=O) groups is 11. The Balaban J connectivity index is -0.00000481. The number of nitrogens with one attached hydrogen (secondary N) is 5. The summed E-state index contributed by atoms with van der Waals surface area (Å²) in [6.07, 6.45) is -1.05. The summed E-state index contributed by atoms with van der Waals surface area (Å²) in [7, 11) is 0. The maximum absolute atomic E-state index is 13.8. The molecule has 0 spiro atoms. The monoisotopic (exact) mass is 1240 g/mol. The van der Waals surface area contributed by atoms with Gasteiger partial charge in [0.2, 0.25) is 17.8 Å². The number of nitrogens with two attached hydrogens (primary N) is 3. The van der Waals surface area contributed by atoms with E-state index in [1.54, 1.807) is 0 Å². The highest BCUT2D eigenvalue weighted by Gasteiger charge is 2.35. The van der Waals surface area contributed by atoms with Crippen molar-refractivity contribution in [3.05, 3.63) is 52.1 Å². The number of benzene rings is 1. The Labute approximate surface area is 497 Å². The van der Waals surface area contributed by atoms with Crippen LogP contribution in [0.1, 0.15) is 86.7 Å². The summed E-state index contributed by atoms with van der Waals surface area (Å²) in [4.78, 5) is 170. The number of carboxylic acids is 5. The van der Waals surface area contributed by atoms with E-state index in [-0.39, 0.29) is 136 Å². The second kappa shape index (κ2) is 39.2. The van der Waals surface area contributed by atoms with E-state index < -0.39 is 164 Å². The standard InChI is InChI=1S/C45H54N12O17.6H2S/c1-2-4-22(42(71)72)14-32(60)30(18-35(65)66)55-40(69)24(17-34(63)64)15-31(59)28(5-3-12-49-44(46)47)53-39(68)23(16-33(61)62)13-27(58)10-11-29(43(73)74)54-38(67)21-6-8-25(9-7-21)50-19-26-20-51-37-36(52-26)41(70)57-45(48)56-37;;;;;;/h1,6-9,20,22-24,28-30,50H,3-5,10-19H2,(H,53,68)(H,54,67)(H,55,69)(H,61,62)(H,63,64)(H,65,66)(H,71,72)(H,73,74)(H4,46,47,49)(H3,48,51,56,57,70);6*1H2/t22-,23+,24+,28+,29+,30+;;;;;;/m1....../s1. The smallest absolute Gasteiger partial charge is 0.326 e. The predicted octanol–water partition coefficient (Wildman–Crippen LogP) is -1.17. The van der Waals surface area contributed by atoms with Gasteiger partial charge in [-0.1, -0.05) is 0 Å². The summed E-state index contributed by atoms with van der Waals surface area (Å²) in [5.41, 5.74) is 16.6. The zero-order valence-electron chi connectivity index (χ0n) is 42.3. The minimum atomic E-state index is -1.89. The number of fused-ring (bicyclic) bond motifs is 1. The molecule has 0 aliphatic carbocycles. The third-order valence-corrected chi connectivity index (χ3v) is 10.8. The molecule has 6 atom stereocenters. The van der Waals surface area contributed by atoms with E-state index in [1.807, 2.05) is 0 Å². The molecule has 35 heteroatoms. The molecule has 2 heterocycles. The predicted molar refractivity (Wildman–Crippen MR) is 318 cm³/mol. The molecule has 0 radical (unpaired) electrons. The highest BCUT2D eigenvalue weighted by Crippen LogP contribution is 2.20. The molecule has 444 valence electrons. The van der Waals surface area contributed by atoms with E-state index in [1.165, 1.54) is 30.5 Å². The molecule has 0 unspecified atom stereocenters. The lowest BCUT2D eigenvalue weighted by molar-refractivity contribution is -0.146. The van der Waals surface area contributed by atoms with E-state index in [0.29, 0.717) is 11.4 Å². The van der Waals surface area contributed by atoms with Crippen molar-refractivity contribution in [2.24, 2.45) is 34.2 Å². The Morgan fingerprint density at radius 3 is 1.73 bits per heavy atom. The molecule has 0 fully saturated rings. The maximum atomic E-state index is 13.8. The lowest BCUT2D eigenvalue weighted by atomic mass is 9.90. The fourth-order valence-corrected chi connectivity index (χ4v) is 7.08. The van der Waals surface area contributed by atoms with Crippen LogP contribution in [0.2, 0.25) is 0 Å². The van der Waals surface area contributed by atoms with Gasteiger partial charge in [-0.3, -0.25) is 62.7 Å². The van der Waals surface area contributed by atoms with Crippen LogP contribution in [0.5, 0.6) is 0 Å². The van der Waals surface area contributed by atoms with Crippen LogP contribution in [0.3, 0.4) is 0 Å². The number of ketones is 3. The number of nitrogen functional groups attached to an aromatic ring is 1. The Morgan fingerprint density at radius 2 is 1.20 bits per heavy atom. The van der Waals surface area contributed by atoms with E-state index in [2.05, 4.69) is 52.1 Å². The fourth-order valence-electron chi connectivity index (χ4n) is 7.08. The number of hydrogen-bond donors (Lipinski definition) is 13. The van der Waals surface area contributed by atoms with E-state index in [0.717, 1.165) is 0 Å². The summed E-state index contributed by atoms with van der Waals surface area (Å²) in [5.74, 6) is -17.4. The van der Waals surface area contributed by atoms with Gasteiger partial charge in [0.25, 0.3) is 11.5 Å². The number of guanidine groups is 1. The molecule has 0 bridgehead atoms. The number of aromatic nitrogens is 4. The molecule has 2 aromatic heterocycles. The molecule has 0 saturated carbocycles. The first-order valence-electron chi connectivity index (χ1n) is 22.3. The molecular weight excluding hydrogens is 1170 g/mol. The first-order chi connectivity index (χ1) is 34.9. The van der Waals surface area contributed by atoms with Gasteiger partial charge in [-0.25, -0.2) is 14.8 Å². The van der Waals surface area contributed by atoms with Crippen molar-refractivity contribution in [1.82, 2.24) is 35.9 Å². The lowest BCUT2D eigenvalue weighted by Crippen LogP contribution is -2.48. The van der Waals surface area contributed by atoms with Crippen LogP contribution in [0.25, 0.3) is 11.2 Å². The second-order valence-corrected chi connectivity index (χ2v) is 16.6. The van der Waals surface area contributed by atoms with Gasteiger partial charge in [0.15, 0.2) is 28.7 Å². The molecule has 3 rings (SSSR count). The Hall–Kier alpha value is -7.26. The van der Waals surface area contributed by atoms with E-state index >= 15 is 0 Å². The SMILES string of the molecule is C#CC[C@H](CC(=O)[C@H](CC(=O)O)NC(=O)[C@H](CC(=O)O)CC(=O)[C@H](CCCN=C(N)N)NC(=O)[C@H](CC(=O)O)CC(=O)CC[C@H](NC(=O)c1ccc(NCc2cnc3nc(N)[nH]c(=O)c3n2)cc1)C(=O)O)C(=O)O.S.S.S.S.S.S. The quantitative estimate of drug-likeness (QED) is 0.0148. The van der Waals surface area contributed by atoms with Crippen molar-refractivity contribution in [3.8, 4) is 12.3 Å². The molecule has 29 nitrogen and oxygen atoms in total. The third kappa shape index (κ3) is 27.6. The largest absolute Gasteiger partial charge is 0.481 e. The molecule has 3 amide bonds. The van der Waals surface area contributed by atoms with E-state index in [9.17, 15) is 83.1 Å². The number of anilines is 2. The molecule has 3 aromatic rings. The van der Waals surface area contributed by atoms with Crippen LogP contribution >= 0.6 is 81.0 Å². The third-order valence-electron chi connectivity index (χ3n) is 10.8. The molecule has 0 saturated heterocycles. The number of hydrogen-bond acceptors (Lipinski definition) is 18. The van der Waals surface area contributed by atoms with Crippen LogP contribution < -0.4 is 44.0 Å². The normalized spacial score (nSPS) is 12.2. The fraction of sp³-hybridized carbons (Fsp3) is 0.422. The van der Waals surface area contributed by atoms with Gasteiger partial charge in [0, 0.05) is 49.9 Å². The van der Waals surface area contributed by atoms with Crippen LogP contribution in [0, 0.1) is 30.1 Å². The van der Waals surface area contributed by atoms with Gasteiger partial charge in [-0.05, 0) is 43.5 Å². The topological polar surface area (TPSA) is 499 Å². The Kier molecular flexibility index (Phi) is 38.8. The number of aliphatic carboxylic acids is 5. The molecule has 0 aliphatic heterocycles. The maximum Gasteiger partial charge on any atom is 0.326 e. The van der Waals surface area contributed by atoms with Gasteiger partial charge in [0.1, 0.15) is 11.8 Å². The number of terminal acetylenes is 1. The first kappa shape index (κ1) is 79.2. The number of rotatable bonds is 33. The summed E-state index contributed by atoms with van der Waals surface area (Å²) >= 11 is 0. The van der Waals surface area contributed by atoms with Crippen molar-refractivity contribution in [1.29, 1.82) is 0 Å². The highest BCUT2D eigenvalue weighted by molar-refractivity contribution is 7.60.